The van der Waals surface area contributed by atoms with Gasteiger partial charge in [0.2, 0.25) is 5.91 Å². The van der Waals surface area contributed by atoms with Crippen molar-refractivity contribution in [2.45, 2.75) is 35.9 Å². The smallest absolute Gasteiger partial charge is 0.414 e. The van der Waals surface area contributed by atoms with Crippen molar-refractivity contribution in [2.24, 2.45) is 0 Å². The fourth-order valence-electron chi connectivity index (χ4n) is 5.58. The number of nitrogens with zero attached hydrogens (tertiary/aromatic N) is 2. The molecule has 2 N–H and O–H groups in total. The van der Waals surface area contributed by atoms with Gasteiger partial charge in [-0.1, -0.05) is 18.2 Å². The van der Waals surface area contributed by atoms with E-state index in [2.05, 4.69) is 16.7 Å². The topological polar surface area (TPSA) is 102 Å². The fourth-order valence-corrected chi connectivity index (χ4v) is 6.37. The zero-order valence-corrected chi connectivity index (χ0v) is 21.3. The van der Waals surface area contributed by atoms with Crippen LogP contribution in [-0.4, -0.2) is 55.2 Å². The lowest BCUT2D eigenvalue weighted by Gasteiger charge is -2.23. The van der Waals surface area contributed by atoms with Gasteiger partial charge in [-0.25, -0.2) is 4.79 Å². The number of hydrogen-bond donors (Lipinski definition) is 2. The first-order valence-corrected chi connectivity index (χ1v) is 13.4. The van der Waals surface area contributed by atoms with Crippen LogP contribution in [0.1, 0.15) is 30.5 Å². The summed E-state index contributed by atoms with van der Waals surface area (Å²) in [5.41, 5.74) is 3.50. The molecule has 3 aromatic rings. The number of para-hydroxylation sites is 1. The number of aromatic nitrogens is 1. The molecule has 10 heteroatoms. The number of nitrogens with one attached hydrogen (secondary N) is 2. The minimum atomic E-state index is -0.370. The van der Waals surface area contributed by atoms with E-state index >= 15 is 0 Å². The van der Waals surface area contributed by atoms with Crippen molar-refractivity contribution in [1.82, 2.24) is 9.88 Å². The second kappa shape index (κ2) is 9.85. The highest BCUT2D eigenvalue weighted by atomic mass is 32.2. The van der Waals surface area contributed by atoms with Crippen LogP contribution in [0.5, 0.6) is 0 Å². The number of carbonyl (C=O) groups is 2. The Morgan fingerprint density at radius 3 is 2.92 bits per heavy atom. The molecule has 3 atom stereocenters. The Morgan fingerprint density at radius 2 is 2.05 bits per heavy atom. The Bertz CT molecular complexity index is 1440. The van der Waals surface area contributed by atoms with Gasteiger partial charge in [-0.15, -0.1) is 11.8 Å². The van der Waals surface area contributed by atoms with Crippen molar-refractivity contribution in [3.63, 3.8) is 0 Å². The van der Waals surface area contributed by atoms with Gasteiger partial charge in [-0.3, -0.25) is 14.5 Å². The van der Waals surface area contributed by atoms with Crippen LogP contribution in [0.4, 0.5) is 16.2 Å². The summed E-state index contributed by atoms with van der Waals surface area (Å²) in [6, 6.07) is 15.1. The first kappa shape index (κ1) is 24.0. The van der Waals surface area contributed by atoms with Gasteiger partial charge in [0.1, 0.15) is 6.10 Å². The second-order valence-corrected chi connectivity index (χ2v) is 10.6. The van der Waals surface area contributed by atoms with E-state index in [0.29, 0.717) is 31.9 Å². The molecule has 3 aliphatic rings. The molecule has 192 valence electrons. The van der Waals surface area contributed by atoms with Gasteiger partial charge in [0.15, 0.2) is 0 Å². The third-order valence-corrected chi connectivity index (χ3v) is 8.29. The molecule has 0 unspecified atom stereocenters. The number of fused-ring (bicyclic) bond motifs is 1. The van der Waals surface area contributed by atoms with Crippen molar-refractivity contribution in [3.05, 3.63) is 64.4 Å². The number of thioether (sulfide) groups is 1. The van der Waals surface area contributed by atoms with E-state index in [0.717, 1.165) is 39.2 Å². The molecule has 37 heavy (non-hydrogen) atoms. The van der Waals surface area contributed by atoms with Gasteiger partial charge in [0, 0.05) is 23.8 Å². The number of rotatable bonds is 8. The van der Waals surface area contributed by atoms with Gasteiger partial charge in [0.05, 0.1) is 42.2 Å². The molecule has 0 radical (unpaired) electrons. The Labute approximate surface area is 218 Å². The second-order valence-electron chi connectivity index (χ2n) is 9.56. The molecule has 4 heterocycles. The van der Waals surface area contributed by atoms with Crippen LogP contribution in [0.25, 0.3) is 10.9 Å². The predicted octanol–water partition coefficient (Wildman–Crippen LogP) is 3.68. The Hall–Kier alpha value is -3.34. The summed E-state index contributed by atoms with van der Waals surface area (Å²) in [7, 11) is 1.65. The van der Waals surface area contributed by atoms with Crippen LogP contribution in [0.3, 0.4) is 0 Å². The van der Waals surface area contributed by atoms with Crippen molar-refractivity contribution in [1.29, 1.82) is 0 Å². The minimum absolute atomic E-state index is 0.0235. The summed E-state index contributed by atoms with van der Waals surface area (Å²) in [6.07, 6.45) is 0.937. The van der Waals surface area contributed by atoms with Gasteiger partial charge in [0.25, 0.3) is 5.56 Å². The average molecular weight is 521 g/mol. The molecule has 2 aromatic carbocycles. The number of benzene rings is 2. The van der Waals surface area contributed by atoms with E-state index in [1.54, 1.807) is 18.1 Å². The first-order chi connectivity index (χ1) is 18.0. The van der Waals surface area contributed by atoms with Crippen molar-refractivity contribution in [2.75, 3.05) is 42.8 Å². The molecule has 2 amide bonds. The van der Waals surface area contributed by atoms with Gasteiger partial charge < -0.3 is 24.7 Å². The molecule has 0 bridgehead atoms. The van der Waals surface area contributed by atoms with E-state index in [4.69, 9.17) is 9.47 Å². The standard InChI is InChI=1S/C27H28N4O5S/c1-35-14-21-25(19-6-2-4-16-7-10-24(33)31(21)26(16)19)28-11-3-5-18-13-30(27(34)36-18)17-8-9-22-20(12-17)29-23(32)15-37-22/h2,4,6-10,12,18,21,25,28H,3,5,11,13-15H2,1H3,(H,29,32)/t18-,21+,25-/m1/s1. The molecule has 1 fully saturated rings. The van der Waals surface area contributed by atoms with Crippen LogP contribution in [0.2, 0.25) is 0 Å². The molecule has 0 spiro atoms. The van der Waals surface area contributed by atoms with Crippen molar-refractivity contribution >= 4 is 46.0 Å². The molecule has 3 aliphatic heterocycles. The monoisotopic (exact) mass is 520 g/mol. The zero-order chi connectivity index (χ0) is 25.5. The number of hydrogen-bond acceptors (Lipinski definition) is 7. The molecular weight excluding hydrogens is 492 g/mol. The molecule has 1 aromatic heterocycles. The van der Waals surface area contributed by atoms with E-state index in [9.17, 15) is 14.4 Å². The molecule has 6 rings (SSSR count). The number of carbonyl (C=O) groups excluding carboxylic acids is 2. The summed E-state index contributed by atoms with van der Waals surface area (Å²) in [4.78, 5) is 39.7. The van der Waals surface area contributed by atoms with E-state index in [-0.39, 0.29) is 35.7 Å². The first-order valence-electron chi connectivity index (χ1n) is 12.4. The summed E-state index contributed by atoms with van der Waals surface area (Å²) in [5, 5.41) is 7.54. The lowest BCUT2D eigenvalue weighted by atomic mass is 10.0. The lowest BCUT2D eigenvalue weighted by Crippen LogP contribution is -2.33. The number of anilines is 2. The Balaban J connectivity index is 1.08. The Kier molecular flexibility index (Phi) is 6.39. The average Bonchev–Trinajstić information content (AvgIpc) is 3.42. The SMILES string of the molecule is COC[C@H]1[C@H](NCCC[C@@H]2CN(c3ccc4c(c3)NC(=O)CS4)C(=O)O2)c2cccc3ccc(=O)n1c23. The maximum atomic E-state index is 12.7. The third-order valence-electron chi connectivity index (χ3n) is 7.22. The number of pyridine rings is 1. The fraction of sp³-hybridized carbons (Fsp3) is 0.370. The summed E-state index contributed by atoms with van der Waals surface area (Å²) in [5.74, 6) is 0.363. The normalized spacial score (nSPS) is 22.3. The molecule has 9 nitrogen and oxygen atoms in total. The van der Waals surface area contributed by atoms with Gasteiger partial charge >= 0.3 is 6.09 Å². The number of methoxy groups -OCH3 is 1. The highest BCUT2D eigenvalue weighted by molar-refractivity contribution is 8.00. The minimum Gasteiger partial charge on any atom is -0.444 e. The summed E-state index contributed by atoms with van der Waals surface area (Å²) >= 11 is 1.49. The van der Waals surface area contributed by atoms with Crippen molar-refractivity contribution in [3.8, 4) is 0 Å². The van der Waals surface area contributed by atoms with E-state index < -0.39 is 0 Å². The van der Waals surface area contributed by atoms with Crippen LogP contribution in [0, 0.1) is 0 Å². The van der Waals surface area contributed by atoms with Crippen molar-refractivity contribution < 1.29 is 19.1 Å². The maximum absolute atomic E-state index is 12.7. The van der Waals surface area contributed by atoms with Crippen LogP contribution in [0.15, 0.2) is 58.2 Å². The largest absolute Gasteiger partial charge is 0.444 e. The predicted molar refractivity (Wildman–Crippen MR) is 143 cm³/mol. The highest BCUT2D eigenvalue weighted by Crippen LogP contribution is 2.39. The summed E-state index contributed by atoms with van der Waals surface area (Å²) < 4.78 is 13.0. The Morgan fingerprint density at radius 1 is 1.16 bits per heavy atom. The third kappa shape index (κ3) is 4.39. The maximum Gasteiger partial charge on any atom is 0.414 e. The van der Waals surface area contributed by atoms with E-state index in [1.807, 2.05) is 41.0 Å². The number of cyclic esters (lactones) is 1. The lowest BCUT2D eigenvalue weighted by molar-refractivity contribution is -0.113. The van der Waals surface area contributed by atoms with E-state index in [1.165, 1.54) is 11.8 Å². The molecule has 0 aliphatic carbocycles. The van der Waals surface area contributed by atoms with Crippen LogP contribution >= 0.6 is 11.8 Å². The highest BCUT2D eigenvalue weighted by Gasteiger charge is 2.35. The number of amides is 2. The van der Waals surface area contributed by atoms with Gasteiger partial charge in [-0.2, -0.15) is 0 Å². The van der Waals surface area contributed by atoms with Crippen LogP contribution in [-0.2, 0) is 14.3 Å². The zero-order valence-electron chi connectivity index (χ0n) is 20.4. The number of ether oxygens (including phenoxy) is 2. The molecule has 0 saturated carbocycles. The molecule has 1 saturated heterocycles. The van der Waals surface area contributed by atoms with Gasteiger partial charge in [-0.05, 0) is 54.6 Å². The molecular formula is C27H28N4O5S. The quantitative estimate of drug-likeness (QED) is 0.437. The summed E-state index contributed by atoms with van der Waals surface area (Å²) in [6.45, 7) is 1.61. The van der Waals surface area contributed by atoms with Crippen LogP contribution < -0.4 is 21.1 Å².